The van der Waals surface area contributed by atoms with E-state index in [0.29, 0.717) is 34.2 Å². The molecule has 0 atom stereocenters. The van der Waals surface area contributed by atoms with Crippen molar-refractivity contribution in [3.05, 3.63) is 21.2 Å². The van der Waals surface area contributed by atoms with E-state index < -0.39 is 0 Å². The zero-order chi connectivity index (χ0) is 13.7. The minimum absolute atomic E-state index is 0.191. The summed E-state index contributed by atoms with van der Waals surface area (Å²) in [6.07, 6.45) is 2.00. The first-order chi connectivity index (χ1) is 8.41. The molecule has 3 N–H and O–H groups in total. The van der Waals surface area contributed by atoms with Gasteiger partial charge in [-0.1, -0.05) is 26.1 Å². The molecule has 0 saturated carbocycles. The molecule has 0 aromatic carbocycles. The molecule has 0 saturated heterocycles. The van der Waals surface area contributed by atoms with Crippen molar-refractivity contribution < 1.29 is 0 Å². The number of nitrogens with one attached hydrogen (secondary N) is 1. The van der Waals surface area contributed by atoms with Gasteiger partial charge in [-0.05, 0) is 21.8 Å². The molecule has 0 aliphatic heterocycles. The maximum atomic E-state index is 11.5. The van der Waals surface area contributed by atoms with Crippen LogP contribution in [0.4, 0.5) is 5.82 Å². The van der Waals surface area contributed by atoms with E-state index in [2.05, 4.69) is 39.7 Å². The summed E-state index contributed by atoms with van der Waals surface area (Å²) in [6, 6.07) is 0. The van der Waals surface area contributed by atoms with E-state index in [4.69, 9.17) is 18.0 Å². The third kappa shape index (κ3) is 4.38. The number of rotatable bonds is 6. The number of nitrogens with two attached hydrogens (primary N) is 1. The lowest BCUT2D eigenvalue weighted by Crippen LogP contribution is -2.33. The topological polar surface area (TPSA) is 75.0 Å². The zero-order valence-electron chi connectivity index (χ0n) is 10.4. The summed E-state index contributed by atoms with van der Waals surface area (Å²) in [4.78, 5) is 20.8. The average Bonchev–Trinajstić information content (AvgIpc) is 2.27. The van der Waals surface area contributed by atoms with E-state index in [0.717, 1.165) is 6.54 Å². The minimum Gasteiger partial charge on any atom is -0.393 e. The highest BCUT2D eigenvalue weighted by Crippen LogP contribution is 2.20. The number of H-pyrrole nitrogens is 1. The third-order valence-corrected chi connectivity index (χ3v) is 3.21. The van der Waals surface area contributed by atoms with E-state index >= 15 is 0 Å². The van der Waals surface area contributed by atoms with Crippen LogP contribution in [0, 0.1) is 5.92 Å². The molecule has 0 fully saturated rings. The minimum atomic E-state index is -0.191. The van der Waals surface area contributed by atoms with E-state index in [1.54, 1.807) is 0 Å². The van der Waals surface area contributed by atoms with Gasteiger partial charge in [0.05, 0.1) is 11.3 Å². The molecule has 1 aromatic rings. The highest BCUT2D eigenvalue weighted by Gasteiger charge is 2.15. The molecule has 0 radical (unpaired) electrons. The van der Waals surface area contributed by atoms with Gasteiger partial charge in [-0.2, -0.15) is 0 Å². The quantitative estimate of drug-likeness (QED) is 0.775. The Bertz CT molecular complexity index is 474. The van der Waals surface area contributed by atoms with Crippen LogP contribution in [0.3, 0.4) is 0 Å². The molecule has 0 bridgehead atoms. The number of hydrogen-bond acceptors (Lipinski definition) is 4. The van der Waals surface area contributed by atoms with Crippen molar-refractivity contribution in [2.75, 3.05) is 18.0 Å². The smallest absolute Gasteiger partial charge is 0.267 e. The van der Waals surface area contributed by atoms with Crippen molar-refractivity contribution in [3.8, 4) is 0 Å². The Morgan fingerprint density at radius 2 is 2.33 bits per heavy atom. The second-order valence-corrected chi connectivity index (χ2v) is 5.74. The maximum Gasteiger partial charge on any atom is 0.267 e. The van der Waals surface area contributed by atoms with Crippen LogP contribution in [-0.2, 0) is 0 Å². The summed E-state index contributed by atoms with van der Waals surface area (Å²) in [7, 11) is 0. The van der Waals surface area contributed by atoms with Crippen LogP contribution < -0.4 is 16.2 Å². The van der Waals surface area contributed by atoms with Crippen molar-refractivity contribution in [2.45, 2.75) is 20.3 Å². The number of halogens is 1. The summed E-state index contributed by atoms with van der Waals surface area (Å²) >= 11 is 8.15. The van der Waals surface area contributed by atoms with Gasteiger partial charge in [0.15, 0.2) is 0 Å². The lowest BCUT2D eigenvalue weighted by atomic mass is 10.2. The first-order valence-corrected chi connectivity index (χ1v) is 6.88. The zero-order valence-corrected chi connectivity index (χ0v) is 12.8. The summed E-state index contributed by atoms with van der Waals surface area (Å²) in [6.45, 7) is 5.66. The summed E-state index contributed by atoms with van der Waals surface area (Å²) in [5.74, 6) is 1.08. The molecule has 7 heteroatoms. The molecule has 1 heterocycles. The Balaban J connectivity index is 2.97. The first-order valence-electron chi connectivity index (χ1n) is 5.68. The Hall–Kier alpha value is -0.950. The van der Waals surface area contributed by atoms with Gasteiger partial charge in [0.25, 0.3) is 5.56 Å². The lowest BCUT2D eigenvalue weighted by molar-refractivity contribution is 0.607. The van der Waals surface area contributed by atoms with Crippen LogP contribution in [0.15, 0.2) is 15.6 Å². The van der Waals surface area contributed by atoms with E-state index in [1.165, 1.54) is 6.33 Å². The Kier molecular flexibility index (Phi) is 5.74. The predicted molar refractivity (Wildman–Crippen MR) is 81.0 cm³/mol. The molecule has 1 aromatic heterocycles. The second-order valence-electron chi connectivity index (χ2n) is 4.43. The van der Waals surface area contributed by atoms with Gasteiger partial charge in [-0.15, -0.1) is 0 Å². The first kappa shape index (κ1) is 15.1. The second kappa shape index (κ2) is 6.84. The third-order valence-electron chi connectivity index (χ3n) is 2.29. The number of aromatic amines is 1. The monoisotopic (exact) mass is 332 g/mol. The average molecular weight is 333 g/mol. The SMILES string of the molecule is CC(C)CN(CCC(N)=S)c1nc[nH]c(=O)c1Br. The molecule has 100 valence electrons. The van der Waals surface area contributed by atoms with Crippen molar-refractivity contribution >= 4 is 39.0 Å². The fourth-order valence-corrected chi connectivity index (χ4v) is 2.12. The molecule has 18 heavy (non-hydrogen) atoms. The normalized spacial score (nSPS) is 10.7. The maximum absolute atomic E-state index is 11.5. The van der Waals surface area contributed by atoms with E-state index in [-0.39, 0.29) is 5.56 Å². The molecule has 0 unspecified atom stereocenters. The van der Waals surface area contributed by atoms with E-state index in [1.807, 2.05) is 4.90 Å². The number of nitrogens with zero attached hydrogens (tertiary/aromatic N) is 2. The Morgan fingerprint density at radius 1 is 1.67 bits per heavy atom. The van der Waals surface area contributed by atoms with Gasteiger partial charge < -0.3 is 15.6 Å². The molecule has 1 rings (SSSR count). The molecule has 0 aliphatic rings. The van der Waals surface area contributed by atoms with Crippen molar-refractivity contribution in [1.82, 2.24) is 9.97 Å². The highest BCUT2D eigenvalue weighted by molar-refractivity contribution is 9.10. The Morgan fingerprint density at radius 3 is 2.89 bits per heavy atom. The molecular weight excluding hydrogens is 316 g/mol. The molecule has 0 aliphatic carbocycles. The predicted octanol–water partition coefficient (Wildman–Crippen LogP) is 1.67. The van der Waals surface area contributed by atoms with Gasteiger partial charge in [-0.25, -0.2) is 4.98 Å². The number of anilines is 1. The van der Waals surface area contributed by atoms with Crippen molar-refractivity contribution in [2.24, 2.45) is 11.7 Å². The number of hydrogen-bond donors (Lipinski definition) is 2. The van der Waals surface area contributed by atoms with Gasteiger partial charge >= 0.3 is 0 Å². The van der Waals surface area contributed by atoms with Crippen LogP contribution in [0.2, 0.25) is 0 Å². The van der Waals surface area contributed by atoms with Crippen LogP contribution in [0.5, 0.6) is 0 Å². The van der Waals surface area contributed by atoms with Crippen LogP contribution in [0.1, 0.15) is 20.3 Å². The van der Waals surface area contributed by atoms with Crippen LogP contribution in [-0.4, -0.2) is 28.0 Å². The highest BCUT2D eigenvalue weighted by atomic mass is 79.9. The summed E-state index contributed by atoms with van der Waals surface area (Å²) < 4.78 is 0.439. The molecular formula is C11H17BrN4OS. The largest absolute Gasteiger partial charge is 0.393 e. The summed E-state index contributed by atoms with van der Waals surface area (Å²) in [5, 5.41) is 0. The lowest BCUT2D eigenvalue weighted by Gasteiger charge is -2.25. The number of thiocarbonyl (C=S) groups is 1. The fourth-order valence-electron chi connectivity index (χ4n) is 1.56. The van der Waals surface area contributed by atoms with Crippen LogP contribution in [0.25, 0.3) is 0 Å². The molecule has 0 amide bonds. The Labute approximate surface area is 120 Å². The van der Waals surface area contributed by atoms with Gasteiger partial charge in [0.2, 0.25) is 0 Å². The summed E-state index contributed by atoms with van der Waals surface area (Å²) in [5.41, 5.74) is 5.33. The standard InChI is InChI=1S/C11H17BrN4OS/c1-7(2)5-16(4-3-8(13)18)10-9(12)11(17)15-6-14-10/h6-7H,3-5H2,1-2H3,(H2,13,18)(H,14,15,17). The van der Waals surface area contributed by atoms with Crippen molar-refractivity contribution in [1.29, 1.82) is 0 Å². The van der Waals surface area contributed by atoms with Crippen molar-refractivity contribution in [3.63, 3.8) is 0 Å². The molecule has 0 spiro atoms. The van der Waals surface area contributed by atoms with Gasteiger partial charge in [-0.3, -0.25) is 4.79 Å². The van der Waals surface area contributed by atoms with E-state index in [9.17, 15) is 4.79 Å². The van der Waals surface area contributed by atoms with Gasteiger partial charge in [0, 0.05) is 19.5 Å². The molecule has 5 nitrogen and oxygen atoms in total. The van der Waals surface area contributed by atoms with Crippen LogP contribution >= 0.6 is 28.1 Å². The van der Waals surface area contributed by atoms with Gasteiger partial charge in [0.1, 0.15) is 10.3 Å². The number of aromatic nitrogens is 2. The fraction of sp³-hybridized carbons (Fsp3) is 0.545.